The van der Waals surface area contributed by atoms with E-state index in [1.807, 2.05) is 0 Å². The Labute approximate surface area is 316 Å². The number of carbonyl (C=O) groups is 4. The van der Waals surface area contributed by atoms with Gasteiger partial charge in [-0.1, -0.05) is 24.6 Å². The van der Waals surface area contributed by atoms with Gasteiger partial charge in [0, 0.05) is 18.5 Å². The maximum absolute atomic E-state index is 13.6. The summed E-state index contributed by atoms with van der Waals surface area (Å²) in [7, 11) is -3.96. The van der Waals surface area contributed by atoms with E-state index in [-0.39, 0.29) is 28.0 Å². The summed E-state index contributed by atoms with van der Waals surface area (Å²) in [6.07, 6.45) is -6.57. The molecule has 0 saturated heterocycles. The number of thiophene rings is 1. The minimum atomic E-state index is -5.08. The average molecular weight is 846 g/mol. The van der Waals surface area contributed by atoms with E-state index < -0.39 is 46.1 Å². The number of urea groups is 1. The molecule has 0 atom stereocenters. The summed E-state index contributed by atoms with van der Waals surface area (Å²) in [5, 5.41) is 36.2. The third-order valence-corrected chi connectivity index (χ3v) is 10.5. The zero-order chi connectivity index (χ0) is 42.3. The molecule has 1 heterocycles. The first kappa shape index (κ1) is 47.5. The second-order valence-electron chi connectivity index (χ2n) is 10.4. The van der Waals surface area contributed by atoms with Gasteiger partial charge in [-0.2, -0.15) is 26.3 Å². The number of alkyl halides is 6. The number of aliphatic carboxylic acids is 3. The van der Waals surface area contributed by atoms with E-state index in [2.05, 4.69) is 15.6 Å². The second kappa shape index (κ2) is 20.8. The van der Waals surface area contributed by atoms with Gasteiger partial charge in [-0.05, 0) is 55.0 Å². The minimum absolute atomic E-state index is 0.0308. The van der Waals surface area contributed by atoms with E-state index in [9.17, 15) is 44.3 Å². The summed E-state index contributed by atoms with van der Waals surface area (Å²) in [5.74, 6) is -6.76. The van der Waals surface area contributed by atoms with E-state index in [0.29, 0.717) is 57.4 Å². The molecule has 2 amide bonds. The molecule has 3 aromatic rings. The van der Waals surface area contributed by atoms with Crippen molar-refractivity contribution in [3.05, 3.63) is 53.4 Å². The van der Waals surface area contributed by atoms with Crippen LogP contribution in [0.5, 0.6) is 0 Å². The van der Waals surface area contributed by atoms with Crippen LogP contribution in [0.4, 0.5) is 42.5 Å². The van der Waals surface area contributed by atoms with Gasteiger partial charge in [0.15, 0.2) is 5.96 Å². The summed E-state index contributed by atoms with van der Waals surface area (Å²) in [6.45, 7) is 0.336. The Balaban J connectivity index is 0.000000913. The number of carboxylic acid groups (broad SMARTS) is 3. The monoisotopic (exact) mass is 845 g/mol. The number of anilines is 1. The molecule has 16 nitrogen and oxygen atoms in total. The molecule has 55 heavy (non-hydrogen) atoms. The molecule has 25 heteroatoms. The van der Waals surface area contributed by atoms with Crippen LogP contribution in [0.1, 0.15) is 30.6 Å². The maximum Gasteiger partial charge on any atom is 0.490 e. The summed E-state index contributed by atoms with van der Waals surface area (Å²) >= 11 is 2.40. The third-order valence-electron chi connectivity index (χ3n) is 6.21. The molecule has 0 fully saturated rings. The Hall–Kier alpha value is -5.56. The standard InChI is InChI=1S/C26H31N7O5S3.2C2HF3O2/c1-39-24-21(14-20(40-24)23(27)28)41(37,38)17-7-5-6-15(12-17)18-10-9-16(32-25(29)30)13-19(18)33-26(36)31-11-4-2-3-8-22(34)35;2*3-2(4,5)1(6)7/h5-7,9-10,12-14H,2-4,8,11H2,1H3,(H3,27,28)(H,34,35)(H4,29,30,32)(H2,31,33,36);2*(H,6,7). The molecule has 12 N–H and O–H groups in total. The fourth-order valence-electron chi connectivity index (χ4n) is 3.83. The minimum Gasteiger partial charge on any atom is -0.481 e. The predicted octanol–water partition coefficient (Wildman–Crippen LogP) is 5.19. The molecule has 0 saturated carbocycles. The van der Waals surface area contributed by atoms with Crippen LogP contribution in [-0.4, -0.2) is 84.6 Å². The Kier molecular flexibility index (Phi) is 17.9. The number of sulfone groups is 1. The van der Waals surface area contributed by atoms with Crippen molar-refractivity contribution in [1.29, 1.82) is 5.41 Å². The number of carbonyl (C=O) groups excluding carboxylic acids is 1. The Morgan fingerprint density at radius 1 is 0.891 bits per heavy atom. The van der Waals surface area contributed by atoms with Gasteiger partial charge >= 0.3 is 36.3 Å². The van der Waals surface area contributed by atoms with Crippen molar-refractivity contribution in [2.45, 2.75) is 52.0 Å². The molecular formula is C30H33F6N7O9S3. The molecule has 3 rings (SSSR count). The van der Waals surface area contributed by atoms with E-state index in [0.717, 1.165) is 11.3 Å². The first-order valence-electron chi connectivity index (χ1n) is 14.8. The molecule has 0 aliphatic heterocycles. The number of halogens is 6. The molecule has 0 aliphatic rings. The van der Waals surface area contributed by atoms with Crippen molar-refractivity contribution < 1.29 is 69.3 Å². The van der Waals surface area contributed by atoms with Crippen molar-refractivity contribution in [1.82, 2.24) is 5.32 Å². The number of nitrogen functional groups attached to an aromatic ring is 1. The van der Waals surface area contributed by atoms with Crippen LogP contribution >= 0.6 is 23.1 Å². The molecule has 302 valence electrons. The Morgan fingerprint density at radius 2 is 1.47 bits per heavy atom. The topological polar surface area (TPSA) is 301 Å². The van der Waals surface area contributed by atoms with Crippen molar-refractivity contribution in [2.24, 2.45) is 22.2 Å². The lowest BCUT2D eigenvalue weighted by molar-refractivity contribution is -0.193. The molecule has 0 spiro atoms. The fourth-order valence-corrected chi connectivity index (χ4v) is 7.73. The summed E-state index contributed by atoms with van der Waals surface area (Å²) in [6, 6.07) is 12.1. The molecule has 0 bridgehead atoms. The number of benzene rings is 2. The van der Waals surface area contributed by atoms with Crippen molar-refractivity contribution >= 4 is 80.0 Å². The predicted molar refractivity (Wildman–Crippen MR) is 190 cm³/mol. The number of carboxylic acids is 3. The number of hydrogen-bond acceptors (Lipinski definition) is 10. The van der Waals surface area contributed by atoms with Crippen LogP contribution in [0, 0.1) is 5.41 Å². The molecular weight excluding hydrogens is 813 g/mol. The number of thioether (sulfide) groups is 1. The van der Waals surface area contributed by atoms with Crippen LogP contribution in [0.3, 0.4) is 0 Å². The van der Waals surface area contributed by atoms with Crippen LogP contribution in [0.25, 0.3) is 11.1 Å². The zero-order valence-corrected chi connectivity index (χ0v) is 30.6. The van der Waals surface area contributed by atoms with Crippen LogP contribution in [0.15, 0.2) is 67.5 Å². The summed E-state index contributed by atoms with van der Waals surface area (Å²) in [5.41, 5.74) is 18.4. The van der Waals surface area contributed by atoms with Crippen molar-refractivity contribution in [3.8, 4) is 11.1 Å². The lowest BCUT2D eigenvalue weighted by Crippen LogP contribution is -2.29. The van der Waals surface area contributed by atoms with Gasteiger partial charge in [-0.3, -0.25) is 10.2 Å². The molecule has 0 aliphatic carbocycles. The van der Waals surface area contributed by atoms with Crippen LogP contribution < -0.4 is 27.8 Å². The maximum atomic E-state index is 13.6. The largest absolute Gasteiger partial charge is 0.490 e. The molecule has 0 unspecified atom stereocenters. The van der Waals surface area contributed by atoms with Gasteiger partial charge < -0.3 is 43.2 Å². The summed E-state index contributed by atoms with van der Waals surface area (Å²) < 4.78 is 91.2. The molecule has 0 radical (unpaired) electrons. The van der Waals surface area contributed by atoms with Crippen molar-refractivity contribution in [3.63, 3.8) is 0 Å². The van der Waals surface area contributed by atoms with E-state index >= 15 is 0 Å². The SMILES string of the molecule is CSc1sc(C(=N)N)cc1S(=O)(=O)c1cccc(-c2ccc(N=C(N)N)cc2NC(=O)NCCCCCC(=O)O)c1.O=C(O)C(F)(F)F.O=C(O)C(F)(F)F. The number of amides is 2. The summed E-state index contributed by atoms with van der Waals surface area (Å²) in [4.78, 5) is 45.6. The number of aliphatic imine (C=N–C) groups is 1. The number of hydrogen-bond donors (Lipinski definition) is 9. The van der Waals surface area contributed by atoms with Crippen molar-refractivity contribution in [2.75, 3.05) is 18.1 Å². The third kappa shape index (κ3) is 16.1. The van der Waals surface area contributed by atoms with Gasteiger partial charge in [-0.25, -0.2) is 27.8 Å². The number of nitrogens with two attached hydrogens (primary N) is 3. The fraction of sp³-hybridized carbons (Fsp3) is 0.267. The molecule has 1 aromatic heterocycles. The lowest BCUT2D eigenvalue weighted by atomic mass is 10.0. The van der Waals surface area contributed by atoms with Gasteiger partial charge in [0.25, 0.3) is 0 Å². The van der Waals surface area contributed by atoms with Gasteiger partial charge in [0.1, 0.15) is 5.84 Å². The zero-order valence-electron chi connectivity index (χ0n) is 28.1. The number of guanidine groups is 1. The normalized spacial score (nSPS) is 11.1. The average Bonchev–Trinajstić information content (AvgIpc) is 3.52. The first-order chi connectivity index (χ1) is 25.3. The Bertz CT molecular complexity index is 1980. The van der Waals surface area contributed by atoms with Gasteiger partial charge in [0.05, 0.1) is 30.3 Å². The quantitative estimate of drug-likeness (QED) is 0.0352. The number of nitrogens with one attached hydrogen (secondary N) is 3. The van der Waals surface area contributed by atoms with Crippen LogP contribution in [-0.2, 0) is 24.2 Å². The first-order valence-corrected chi connectivity index (χ1v) is 18.3. The highest BCUT2D eigenvalue weighted by Crippen LogP contribution is 2.39. The van der Waals surface area contributed by atoms with E-state index in [1.165, 1.54) is 30.0 Å². The molecule has 2 aromatic carbocycles. The number of amidine groups is 1. The lowest BCUT2D eigenvalue weighted by Gasteiger charge is -2.14. The van der Waals surface area contributed by atoms with Crippen LogP contribution in [0.2, 0.25) is 0 Å². The van der Waals surface area contributed by atoms with E-state index in [1.54, 1.807) is 36.6 Å². The van der Waals surface area contributed by atoms with Gasteiger partial charge in [0.2, 0.25) is 9.84 Å². The highest BCUT2D eigenvalue weighted by atomic mass is 32.2. The number of rotatable bonds is 13. The number of nitrogens with zero attached hydrogens (tertiary/aromatic N) is 1. The highest BCUT2D eigenvalue weighted by Gasteiger charge is 2.39. The highest BCUT2D eigenvalue weighted by molar-refractivity contribution is 8.01. The van der Waals surface area contributed by atoms with E-state index in [4.69, 9.17) is 47.5 Å². The Morgan fingerprint density at radius 3 is 1.96 bits per heavy atom. The van der Waals surface area contributed by atoms with Gasteiger partial charge in [-0.15, -0.1) is 23.1 Å². The smallest absolute Gasteiger partial charge is 0.481 e. The second-order valence-corrected chi connectivity index (χ2v) is 14.4. The number of unbranched alkanes of at least 4 members (excludes halogenated alkanes) is 2.